The van der Waals surface area contributed by atoms with Gasteiger partial charge in [0.25, 0.3) is 0 Å². The number of aromatic nitrogens is 1. The summed E-state index contributed by atoms with van der Waals surface area (Å²) >= 11 is 1.67. The summed E-state index contributed by atoms with van der Waals surface area (Å²) in [6.45, 7) is 7.10. The molecule has 0 unspecified atom stereocenters. The third kappa shape index (κ3) is 2.92. The second kappa shape index (κ2) is 5.47. The van der Waals surface area contributed by atoms with Crippen molar-refractivity contribution < 1.29 is 0 Å². The van der Waals surface area contributed by atoms with Crippen LogP contribution in [0.1, 0.15) is 39.3 Å². The van der Waals surface area contributed by atoms with Crippen molar-refractivity contribution in [3.63, 3.8) is 0 Å². The number of thiazole rings is 1. The molecule has 86 valence electrons. The third-order valence-corrected chi connectivity index (χ3v) is 3.84. The van der Waals surface area contributed by atoms with E-state index in [1.807, 2.05) is 0 Å². The molecular formula is C11H21N3S. The molecule has 0 amide bonds. The van der Waals surface area contributed by atoms with E-state index in [2.05, 4.69) is 36.5 Å². The van der Waals surface area contributed by atoms with Gasteiger partial charge < -0.3 is 11.1 Å². The number of hydrogen-bond acceptors (Lipinski definition) is 4. The standard InChI is InChI=1S/C11H21N3S/c1-4-9-7-15-10(13-9)14-11(5-2,6-3)8-12/h7H,4-6,8,12H2,1-3H3,(H,13,14). The fraction of sp³-hybridized carbons (Fsp3) is 0.727. The van der Waals surface area contributed by atoms with Crippen molar-refractivity contribution in [1.29, 1.82) is 0 Å². The summed E-state index contributed by atoms with van der Waals surface area (Å²) in [4.78, 5) is 4.51. The molecular weight excluding hydrogens is 206 g/mol. The molecule has 3 N–H and O–H groups in total. The fourth-order valence-electron chi connectivity index (χ4n) is 1.52. The predicted molar refractivity (Wildman–Crippen MR) is 67.5 cm³/mol. The number of rotatable bonds is 6. The van der Waals surface area contributed by atoms with Crippen LogP contribution < -0.4 is 11.1 Å². The van der Waals surface area contributed by atoms with Crippen molar-refractivity contribution in [2.45, 2.75) is 45.6 Å². The summed E-state index contributed by atoms with van der Waals surface area (Å²) in [5, 5.41) is 6.59. The van der Waals surface area contributed by atoms with Crippen LogP contribution in [-0.4, -0.2) is 17.1 Å². The van der Waals surface area contributed by atoms with Gasteiger partial charge in [-0.05, 0) is 19.3 Å². The first-order chi connectivity index (χ1) is 7.19. The lowest BCUT2D eigenvalue weighted by Crippen LogP contribution is -2.44. The molecule has 0 aliphatic heterocycles. The number of nitrogens with one attached hydrogen (secondary N) is 1. The average molecular weight is 227 g/mol. The molecule has 0 aliphatic carbocycles. The largest absolute Gasteiger partial charge is 0.355 e. The van der Waals surface area contributed by atoms with Crippen LogP contribution in [0.5, 0.6) is 0 Å². The van der Waals surface area contributed by atoms with Crippen molar-refractivity contribution in [3.05, 3.63) is 11.1 Å². The molecule has 0 radical (unpaired) electrons. The molecule has 4 heteroatoms. The summed E-state index contributed by atoms with van der Waals surface area (Å²) in [6.07, 6.45) is 3.05. The van der Waals surface area contributed by atoms with Gasteiger partial charge in [-0.1, -0.05) is 20.8 Å². The molecule has 3 nitrogen and oxygen atoms in total. The van der Waals surface area contributed by atoms with Crippen LogP contribution in [0.25, 0.3) is 0 Å². The highest BCUT2D eigenvalue weighted by atomic mass is 32.1. The number of hydrogen-bond donors (Lipinski definition) is 2. The monoisotopic (exact) mass is 227 g/mol. The van der Waals surface area contributed by atoms with Gasteiger partial charge in [0.2, 0.25) is 0 Å². The SMILES string of the molecule is CCc1csc(NC(CC)(CC)CN)n1. The van der Waals surface area contributed by atoms with Gasteiger partial charge in [-0.3, -0.25) is 0 Å². The van der Waals surface area contributed by atoms with Crippen LogP contribution in [0.4, 0.5) is 5.13 Å². The van der Waals surface area contributed by atoms with Gasteiger partial charge in [0, 0.05) is 11.9 Å². The molecule has 0 saturated carbocycles. The van der Waals surface area contributed by atoms with Crippen molar-refractivity contribution in [1.82, 2.24) is 4.98 Å². The minimum Gasteiger partial charge on any atom is -0.355 e. The highest BCUT2D eigenvalue weighted by Crippen LogP contribution is 2.24. The first kappa shape index (κ1) is 12.5. The zero-order valence-electron chi connectivity index (χ0n) is 9.84. The lowest BCUT2D eigenvalue weighted by Gasteiger charge is -2.31. The Morgan fingerprint density at radius 3 is 2.47 bits per heavy atom. The van der Waals surface area contributed by atoms with E-state index in [0.29, 0.717) is 6.54 Å². The van der Waals surface area contributed by atoms with Gasteiger partial charge in [-0.2, -0.15) is 0 Å². The van der Waals surface area contributed by atoms with E-state index < -0.39 is 0 Å². The molecule has 0 bridgehead atoms. The zero-order chi connectivity index (χ0) is 11.3. The van der Waals surface area contributed by atoms with Crippen molar-refractivity contribution in [2.24, 2.45) is 5.73 Å². The molecule has 0 aliphatic rings. The van der Waals surface area contributed by atoms with Gasteiger partial charge >= 0.3 is 0 Å². The average Bonchev–Trinajstić information content (AvgIpc) is 2.73. The van der Waals surface area contributed by atoms with Crippen molar-refractivity contribution in [3.8, 4) is 0 Å². The van der Waals surface area contributed by atoms with E-state index in [1.54, 1.807) is 11.3 Å². The quantitative estimate of drug-likeness (QED) is 0.785. The van der Waals surface area contributed by atoms with E-state index in [0.717, 1.165) is 30.1 Å². The third-order valence-electron chi connectivity index (χ3n) is 3.03. The minimum absolute atomic E-state index is 0.0167. The summed E-state index contributed by atoms with van der Waals surface area (Å²) < 4.78 is 0. The topological polar surface area (TPSA) is 50.9 Å². The lowest BCUT2D eigenvalue weighted by atomic mass is 9.93. The first-order valence-corrected chi connectivity index (χ1v) is 6.50. The first-order valence-electron chi connectivity index (χ1n) is 5.62. The number of anilines is 1. The maximum atomic E-state index is 5.83. The van der Waals surface area contributed by atoms with Crippen molar-refractivity contribution in [2.75, 3.05) is 11.9 Å². The fourth-order valence-corrected chi connectivity index (χ4v) is 2.43. The highest BCUT2D eigenvalue weighted by Gasteiger charge is 2.24. The Balaban J connectivity index is 2.73. The molecule has 0 fully saturated rings. The Labute approximate surface area is 96.1 Å². The molecule has 0 saturated heterocycles. The second-order valence-electron chi connectivity index (χ2n) is 3.81. The molecule has 1 aromatic heterocycles. The summed E-state index contributed by atoms with van der Waals surface area (Å²) in [5.41, 5.74) is 7.00. The molecule has 0 atom stereocenters. The van der Waals surface area contributed by atoms with Gasteiger partial charge in [0.15, 0.2) is 5.13 Å². The number of aryl methyl sites for hydroxylation is 1. The van der Waals surface area contributed by atoms with E-state index in [4.69, 9.17) is 5.73 Å². The molecule has 15 heavy (non-hydrogen) atoms. The minimum atomic E-state index is 0.0167. The number of nitrogens with zero attached hydrogens (tertiary/aromatic N) is 1. The van der Waals surface area contributed by atoms with Crippen LogP contribution in [0.2, 0.25) is 0 Å². The zero-order valence-corrected chi connectivity index (χ0v) is 10.7. The van der Waals surface area contributed by atoms with Gasteiger partial charge in [-0.15, -0.1) is 11.3 Å². The Hall–Kier alpha value is -0.610. The molecule has 1 rings (SSSR count). The molecule has 1 aromatic rings. The van der Waals surface area contributed by atoms with Gasteiger partial charge in [-0.25, -0.2) is 4.98 Å². The Morgan fingerprint density at radius 1 is 1.40 bits per heavy atom. The van der Waals surface area contributed by atoms with Crippen LogP contribution in [-0.2, 0) is 6.42 Å². The summed E-state index contributed by atoms with van der Waals surface area (Å²) in [7, 11) is 0. The summed E-state index contributed by atoms with van der Waals surface area (Å²) in [6, 6.07) is 0. The predicted octanol–water partition coefficient (Wildman–Crippen LogP) is 2.63. The van der Waals surface area contributed by atoms with Crippen LogP contribution in [0, 0.1) is 0 Å². The lowest BCUT2D eigenvalue weighted by molar-refractivity contribution is 0.445. The van der Waals surface area contributed by atoms with Gasteiger partial charge in [0.05, 0.1) is 11.2 Å². The van der Waals surface area contributed by atoms with Gasteiger partial charge in [0.1, 0.15) is 0 Å². The maximum Gasteiger partial charge on any atom is 0.183 e. The molecule has 1 heterocycles. The van der Waals surface area contributed by atoms with E-state index in [1.165, 1.54) is 0 Å². The van der Waals surface area contributed by atoms with Crippen LogP contribution in [0.15, 0.2) is 5.38 Å². The van der Waals surface area contributed by atoms with Crippen molar-refractivity contribution >= 4 is 16.5 Å². The van der Waals surface area contributed by atoms with Crippen LogP contribution in [0.3, 0.4) is 0 Å². The molecule has 0 spiro atoms. The number of nitrogens with two attached hydrogens (primary N) is 1. The smallest absolute Gasteiger partial charge is 0.183 e. The van der Waals surface area contributed by atoms with E-state index in [9.17, 15) is 0 Å². The van der Waals surface area contributed by atoms with Crippen LogP contribution >= 0.6 is 11.3 Å². The normalized spacial score (nSPS) is 11.7. The summed E-state index contributed by atoms with van der Waals surface area (Å²) in [5.74, 6) is 0. The maximum absolute atomic E-state index is 5.83. The van der Waals surface area contributed by atoms with E-state index in [-0.39, 0.29) is 5.54 Å². The highest BCUT2D eigenvalue weighted by molar-refractivity contribution is 7.13. The molecule has 0 aromatic carbocycles. The Bertz CT molecular complexity index is 284. The van der Waals surface area contributed by atoms with E-state index >= 15 is 0 Å². The second-order valence-corrected chi connectivity index (χ2v) is 4.67. The Morgan fingerprint density at radius 2 is 2.07 bits per heavy atom. The Kier molecular flexibility index (Phi) is 4.54.